The fourth-order valence-electron chi connectivity index (χ4n) is 5.26. The molecule has 4 atom stereocenters. The predicted octanol–water partition coefficient (Wildman–Crippen LogP) is 2.69. The van der Waals surface area contributed by atoms with Gasteiger partial charge in [0.15, 0.2) is 0 Å². The first kappa shape index (κ1) is 22.1. The standard InChI is InChI=1S/C23H24N4O4S2/c1-32-9-4-8-27-20(28)16-17(21(27)29)23(22(30)31,26-18(16)19-24-7-10-33-19)11-13-12-25-15-6-3-2-5-14(13)15/h2-3,5-7,10,12,16-18,25-26H,4,8-9,11H2,1H3,(H,30,31). The van der Waals surface area contributed by atoms with Crippen LogP contribution < -0.4 is 5.32 Å². The Morgan fingerprint density at radius 3 is 2.85 bits per heavy atom. The maximum absolute atomic E-state index is 13.6. The van der Waals surface area contributed by atoms with Crippen molar-refractivity contribution in [2.75, 3.05) is 18.6 Å². The molecule has 8 nitrogen and oxygen atoms in total. The number of carboxylic acid groups (broad SMARTS) is 1. The quantitative estimate of drug-likeness (QED) is 0.333. The van der Waals surface area contributed by atoms with E-state index in [-0.39, 0.29) is 12.3 Å². The highest BCUT2D eigenvalue weighted by Gasteiger charge is 2.68. The second kappa shape index (κ2) is 8.58. The number of nitrogens with zero attached hydrogens (tertiary/aromatic N) is 2. The van der Waals surface area contributed by atoms with Crippen LogP contribution in [0, 0.1) is 11.8 Å². The van der Waals surface area contributed by atoms with Gasteiger partial charge in [0.25, 0.3) is 0 Å². The third-order valence-corrected chi connectivity index (χ3v) is 8.27. The van der Waals surface area contributed by atoms with Crippen LogP contribution in [-0.4, -0.2) is 61.9 Å². The molecule has 2 aliphatic heterocycles. The summed E-state index contributed by atoms with van der Waals surface area (Å²) in [6.45, 7) is 0.304. The number of rotatable bonds is 8. The van der Waals surface area contributed by atoms with Gasteiger partial charge in [0.2, 0.25) is 11.8 Å². The van der Waals surface area contributed by atoms with E-state index in [0.717, 1.165) is 22.2 Å². The summed E-state index contributed by atoms with van der Waals surface area (Å²) in [5, 5.41) is 17.1. The predicted molar refractivity (Wildman–Crippen MR) is 127 cm³/mol. The highest BCUT2D eigenvalue weighted by atomic mass is 32.2. The lowest BCUT2D eigenvalue weighted by Gasteiger charge is -2.31. The van der Waals surface area contributed by atoms with Crippen molar-refractivity contribution < 1.29 is 19.5 Å². The number of carbonyl (C=O) groups excluding carboxylic acids is 2. The Morgan fingerprint density at radius 2 is 2.12 bits per heavy atom. The van der Waals surface area contributed by atoms with E-state index in [2.05, 4.69) is 15.3 Å². The van der Waals surface area contributed by atoms with Gasteiger partial charge in [0, 0.05) is 41.6 Å². The van der Waals surface area contributed by atoms with E-state index in [1.165, 1.54) is 16.2 Å². The second-order valence-corrected chi connectivity index (χ2v) is 10.4. The van der Waals surface area contributed by atoms with E-state index in [1.54, 1.807) is 29.5 Å². The van der Waals surface area contributed by atoms with Gasteiger partial charge < -0.3 is 10.1 Å². The summed E-state index contributed by atoms with van der Waals surface area (Å²) in [6, 6.07) is 7.03. The Kier molecular flexibility index (Phi) is 5.75. The van der Waals surface area contributed by atoms with Crippen LogP contribution in [0.25, 0.3) is 10.9 Å². The smallest absolute Gasteiger partial charge is 0.325 e. The van der Waals surface area contributed by atoms with Crippen molar-refractivity contribution in [2.24, 2.45) is 11.8 Å². The number of para-hydroxylation sites is 1. The molecule has 33 heavy (non-hydrogen) atoms. The Hall–Kier alpha value is -2.69. The number of carboxylic acids is 1. The molecule has 0 radical (unpaired) electrons. The summed E-state index contributed by atoms with van der Waals surface area (Å²) in [6.07, 6.45) is 6.15. The van der Waals surface area contributed by atoms with Gasteiger partial charge in [0.1, 0.15) is 10.5 Å². The summed E-state index contributed by atoms with van der Waals surface area (Å²) < 4.78 is 0. The van der Waals surface area contributed by atoms with Gasteiger partial charge in [-0.3, -0.25) is 24.6 Å². The zero-order valence-electron chi connectivity index (χ0n) is 18.0. The number of benzene rings is 1. The minimum absolute atomic E-state index is 0.0764. The van der Waals surface area contributed by atoms with Gasteiger partial charge in [-0.05, 0) is 30.1 Å². The first-order chi connectivity index (χ1) is 16.0. The van der Waals surface area contributed by atoms with Crippen LogP contribution in [0.5, 0.6) is 0 Å². The zero-order valence-corrected chi connectivity index (χ0v) is 19.6. The van der Waals surface area contributed by atoms with Gasteiger partial charge in [-0.15, -0.1) is 11.3 Å². The van der Waals surface area contributed by atoms with Gasteiger partial charge in [-0.2, -0.15) is 11.8 Å². The van der Waals surface area contributed by atoms with Gasteiger partial charge >= 0.3 is 5.97 Å². The first-order valence-electron chi connectivity index (χ1n) is 10.8. The molecule has 172 valence electrons. The van der Waals surface area contributed by atoms with Crippen molar-refractivity contribution in [2.45, 2.75) is 24.4 Å². The van der Waals surface area contributed by atoms with Crippen LogP contribution in [0.2, 0.25) is 0 Å². The van der Waals surface area contributed by atoms with E-state index in [4.69, 9.17) is 0 Å². The Labute approximate surface area is 198 Å². The first-order valence-corrected chi connectivity index (χ1v) is 13.0. The average Bonchev–Trinajstić information content (AvgIpc) is 3.57. The number of hydrogen-bond acceptors (Lipinski definition) is 7. The lowest BCUT2D eigenvalue weighted by Crippen LogP contribution is -2.57. The van der Waals surface area contributed by atoms with Crippen molar-refractivity contribution in [1.29, 1.82) is 0 Å². The number of aliphatic carboxylic acids is 1. The molecule has 2 saturated heterocycles. The molecule has 3 aromatic rings. The molecule has 0 bridgehead atoms. The number of amides is 2. The fraction of sp³-hybridized carbons (Fsp3) is 0.391. The van der Waals surface area contributed by atoms with Crippen molar-refractivity contribution in [3.05, 3.63) is 52.6 Å². The Balaban J connectivity index is 1.59. The number of aromatic nitrogens is 2. The van der Waals surface area contributed by atoms with Crippen LogP contribution in [0.4, 0.5) is 0 Å². The van der Waals surface area contributed by atoms with Crippen molar-refractivity contribution >= 4 is 51.8 Å². The molecule has 3 N–H and O–H groups in total. The van der Waals surface area contributed by atoms with Crippen molar-refractivity contribution in [3.63, 3.8) is 0 Å². The molecule has 2 aromatic heterocycles. The average molecular weight is 485 g/mol. The SMILES string of the molecule is CSCCCN1C(=O)C2C(c3nccs3)NC(Cc3c[nH]c4ccccc34)(C(=O)O)C2C1=O. The lowest BCUT2D eigenvalue weighted by molar-refractivity contribution is -0.151. The van der Waals surface area contributed by atoms with Crippen LogP contribution in [0.3, 0.4) is 0 Å². The number of fused-ring (bicyclic) bond motifs is 2. The third kappa shape index (κ3) is 3.48. The van der Waals surface area contributed by atoms with Crippen LogP contribution in [0.1, 0.15) is 23.0 Å². The van der Waals surface area contributed by atoms with Crippen LogP contribution in [-0.2, 0) is 20.8 Å². The van der Waals surface area contributed by atoms with Crippen molar-refractivity contribution in [3.8, 4) is 0 Å². The summed E-state index contributed by atoms with van der Waals surface area (Å²) in [5.41, 5.74) is 0.0687. The number of imide groups is 1. The van der Waals surface area contributed by atoms with Crippen LogP contribution >= 0.6 is 23.1 Å². The van der Waals surface area contributed by atoms with E-state index in [9.17, 15) is 19.5 Å². The topological polar surface area (TPSA) is 115 Å². The maximum Gasteiger partial charge on any atom is 0.325 e. The number of nitrogens with one attached hydrogen (secondary N) is 2. The van der Waals surface area contributed by atoms with Gasteiger partial charge in [-0.25, -0.2) is 4.98 Å². The zero-order chi connectivity index (χ0) is 23.2. The molecule has 0 saturated carbocycles. The number of hydrogen-bond donors (Lipinski definition) is 3. The number of thiazole rings is 1. The maximum atomic E-state index is 13.6. The Bertz CT molecular complexity index is 1210. The molecule has 4 unspecified atom stereocenters. The summed E-state index contributed by atoms with van der Waals surface area (Å²) >= 11 is 3.01. The summed E-state index contributed by atoms with van der Waals surface area (Å²) in [5.74, 6) is -2.81. The highest BCUT2D eigenvalue weighted by Crippen LogP contribution is 2.50. The minimum Gasteiger partial charge on any atom is -0.480 e. The van der Waals surface area contributed by atoms with E-state index in [0.29, 0.717) is 18.0 Å². The monoisotopic (exact) mass is 484 g/mol. The highest BCUT2D eigenvalue weighted by molar-refractivity contribution is 7.98. The number of H-pyrrole nitrogens is 1. The number of carbonyl (C=O) groups is 3. The number of thioether (sulfide) groups is 1. The number of aromatic amines is 1. The van der Waals surface area contributed by atoms with E-state index >= 15 is 0 Å². The van der Waals surface area contributed by atoms with Gasteiger partial charge in [0.05, 0.1) is 17.9 Å². The van der Waals surface area contributed by atoms with Gasteiger partial charge in [-0.1, -0.05) is 18.2 Å². The third-order valence-electron chi connectivity index (χ3n) is 6.72. The van der Waals surface area contributed by atoms with Crippen molar-refractivity contribution in [1.82, 2.24) is 20.2 Å². The minimum atomic E-state index is -1.62. The molecule has 1 aromatic carbocycles. The molecule has 5 rings (SSSR count). The van der Waals surface area contributed by atoms with E-state index < -0.39 is 35.3 Å². The normalized spacial score (nSPS) is 26.9. The molecule has 0 spiro atoms. The molecular weight excluding hydrogens is 460 g/mol. The molecule has 4 heterocycles. The summed E-state index contributed by atoms with van der Waals surface area (Å²) in [4.78, 5) is 48.8. The molecule has 0 aliphatic carbocycles. The van der Waals surface area contributed by atoms with E-state index in [1.807, 2.05) is 30.5 Å². The molecule has 10 heteroatoms. The van der Waals surface area contributed by atoms with Crippen LogP contribution in [0.15, 0.2) is 42.0 Å². The lowest BCUT2D eigenvalue weighted by atomic mass is 9.76. The Morgan fingerprint density at radius 1 is 1.30 bits per heavy atom. The summed E-state index contributed by atoms with van der Waals surface area (Å²) in [7, 11) is 0. The fourth-order valence-corrected chi connectivity index (χ4v) is 6.42. The second-order valence-electron chi connectivity index (χ2n) is 8.48. The number of likely N-dealkylation sites (tertiary alicyclic amines) is 1. The molecule has 2 amide bonds. The largest absolute Gasteiger partial charge is 0.480 e. The molecule has 2 fully saturated rings. The molecule has 2 aliphatic rings. The molecular formula is C23H24N4O4S2.